The van der Waals surface area contributed by atoms with Crippen LogP contribution in [0.2, 0.25) is 0 Å². The van der Waals surface area contributed by atoms with E-state index < -0.39 is 0 Å². The number of H-pyrrole nitrogens is 1. The van der Waals surface area contributed by atoms with Crippen molar-refractivity contribution in [1.29, 1.82) is 0 Å². The van der Waals surface area contributed by atoms with Crippen LogP contribution in [0.25, 0.3) is 0 Å². The average molecular weight is 249 g/mol. The van der Waals surface area contributed by atoms with Crippen LogP contribution in [0.1, 0.15) is 11.5 Å². The predicted octanol–water partition coefficient (Wildman–Crippen LogP) is 1.70. The summed E-state index contributed by atoms with van der Waals surface area (Å²) in [6.45, 7) is 1.81. The van der Waals surface area contributed by atoms with E-state index >= 15 is 0 Å². The first-order valence-corrected chi connectivity index (χ1v) is 5.58. The Morgan fingerprint density at radius 3 is 2.83 bits per heavy atom. The molecular weight excluding hydrogens is 240 g/mol. The minimum atomic E-state index is -0.105. The van der Waals surface area contributed by atoms with Crippen LogP contribution in [-0.2, 0) is 5.75 Å². The average Bonchev–Trinajstić information content (AvgIpc) is 2.01. The van der Waals surface area contributed by atoms with E-state index in [0.29, 0.717) is 4.47 Å². The standard InChI is InChI=1S/C7H9BrN2OS/c1-4-6(8)7(11)10-5(9-4)3-12-2/h3H2,1-2H3,(H,9,10,11). The minimum absolute atomic E-state index is 0.105. The van der Waals surface area contributed by atoms with E-state index in [9.17, 15) is 4.79 Å². The molecule has 0 aliphatic rings. The molecule has 66 valence electrons. The van der Waals surface area contributed by atoms with Crippen molar-refractivity contribution in [3.8, 4) is 0 Å². The summed E-state index contributed by atoms with van der Waals surface area (Å²) in [5.74, 6) is 1.47. The zero-order valence-electron chi connectivity index (χ0n) is 6.85. The van der Waals surface area contributed by atoms with E-state index in [2.05, 4.69) is 25.9 Å². The predicted molar refractivity (Wildman–Crippen MR) is 54.5 cm³/mol. The van der Waals surface area contributed by atoms with Gasteiger partial charge in [0.15, 0.2) is 0 Å². The highest BCUT2D eigenvalue weighted by Crippen LogP contribution is 2.09. The number of thioether (sulfide) groups is 1. The van der Waals surface area contributed by atoms with Crippen molar-refractivity contribution in [1.82, 2.24) is 9.97 Å². The van der Waals surface area contributed by atoms with Crippen molar-refractivity contribution in [2.45, 2.75) is 12.7 Å². The van der Waals surface area contributed by atoms with Crippen LogP contribution < -0.4 is 5.56 Å². The van der Waals surface area contributed by atoms with Gasteiger partial charge in [0.1, 0.15) is 10.3 Å². The van der Waals surface area contributed by atoms with Crippen LogP contribution in [0.3, 0.4) is 0 Å². The zero-order valence-corrected chi connectivity index (χ0v) is 9.25. The van der Waals surface area contributed by atoms with Crippen molar-refractivity contribution >= 4 is 27.7 Å². The van der Waals surface area contributed by atoms with Crippen LogP contribution >= 0.6 is 27.7 Å². The molecule has 0 spiro atoms. The smallest absolute Gasteiger partial charge is 0.265 e. The summed E-state index contributed by atoms with van der Waals surface area (Å²) in [5.41, 5.74) is 0.634. The van der Waals surface area contributed by atoms with Gasteiger partial charge in [0.05, 0.1) is 11.4 Å². The Bertz CT molecular complexity index is 337. The highest BCUT2D eigenvalue weighted by atomic mass is 79.9. The Morgan fingerprint density at radius 1 is 1.67 bits per heavy atom. The van der Waals surface area contributed by atoms with Crippen molar-refractivity contribution < 1.29 is 0 Å². The third kappa shape index (κ3) is 2.10. The van der Waals surface area contributed by atoms with Crippen LogP contribution in [0, 0.1) is 6.92 Å². The first-order chi connectivity index (χ1) is 5.65. The summed E-state index contributed by atoms with van der Waals surface area (Å²) < 4.78 is 0.521. The highest BCUT2D eigenvalue weighted by Gasteiger charge is 2.03. The van der Waals surface area contributed by atoms with Crippen molar-refractivity contribution in [3.05, 3.63) is 26.3 Å². The van der Waals surface area contributed by atoms with E-state index in [1.165, 1.54) is 0 Å². The van der Waals surface area contributed by atoms with Gasteiger partial charge in [0.2, 0.25) is 0 Å². The third-order valence-electron chi connectivity index (χ3n) is 1.36. The SMILES string of the molecule is CSCc1nc(C)c(Br)c(=O)[nH]1. The molecule has 0 saturated heterocycles. The Hall–Kier alpha value is -0.290. The van der Waals surface area contributed by atoms with Gasteiger partial charge in [0, 0.05) is 0 Å². The molecule has 0 atom stereocenters. The number of nitrogens with one attached hydrogen (secondary N) is 1. The van der Waals surface area contributed by atoms with Gasteiger partial charge < -0.3 is 4.98 Å². The van der Waals surface area contributed by atoms with Gasteiger partial charge in [-0.05, 0) is 29.1 Å². The Labute approximate surface area is 83.1 Å². The molecule has 0 bridgehead atoms. The molecule has 1 aromatic rings. The largest absolute Gasteiger partial charge is 0.309 e. The van der Waals surface area contributed by atoms with Gasteiger partial charge in [0.25, 0.3) is 5.56 Å². The Kier molecular flexibility index (Phi) is 3.34. The molecule has 1 aromatic heterocycles. The summed E-state index contributed by atoms with van der Waals surface area (Å²) in [5, 5.41) is 0. The molecule has 0 radical (unpaired) electrons. The van der Waals surface area contributed by atoms with E-state index in [4.69, 9.17) is 0 Å². The fourth-order valence-electron chi connectivity index (χ4n) is 0.835. The van der Waals surface area contributed by atoms with Crippen LogP contribution in [0.4, 0.5) is 0 Å². The van der Waals surface area contributed by atoms with Gasteiger partial charge in [-0.1, -0.05) is 0 Å². The van der Waals surface area contributed by atoms with E-state index in [1.54, 1.807) is 11.8 Å². The third-order valence-corrected chi connectivity index (χ3v) is 2.85. The summed E-state index contributed by atoms with van der Waals surface area (Å²) >= 11 is 4.78. The normalized spacial score (nSPS) is 10.2. The lowest BCUT2D eigenvalue weighted by Gasteiger charge is -2.00. The molecule has 5 heteroatoms. The van der Waals surface area contributed by atoms with Crippen LogP contribution in [0.15, 0.2) is 9.27 Å². The minimum Gasteiger partial charge on any atom is -0.309 e. The van der Waals surface area contributed by atoms with Crippen molar-refractivity contribution in [2.24, 2.45) is 0 Å². The second kappa shape index (κ2) is 4.09. The number of hydrogen-bond donors (Lipinski definition) is 1. The van der Waals surface area contributed by atoms with Crippen molar-refractivity contribution in [3.63, 3.8) is 0 Å². The monoisotopic (exact) mass is 248 g/mol. The van der Waals surface area contributed by atoms with Gasteiger partial charge in [-0.3, -0.25) is 4.79 Å². The van der Waals surface area contributed by atoms with E-state index in [0.717, 1.165) is 17.3 Å². The van der Waals surface area contributed by atoms with Gasteiger partial charge in [-0.15, -0.1) is 0 Å². The second-order valence-electron chi connectivity index (χ2n) is 2.35. The number of hydrogen-bond acceptors (Lipinski definition) is 3. The number of aromatic amines is 1. The lowest BCUT2D eigenvalue weighted by molar-refractivity contribution is 0.955. The van der Waals surface area contributed by atoms with E-state index in [1.807, 2.05) is 13.2 Å². The molecule has 3 nitrogen and oxygen atoms in total. The summed E-state index contributed by atoms with van der Waals surface area (Å²) in [6.07, 6.45) is 1.97. The fourth-order valence-corrected chi connectivity index (χ4v) is 1.43. The number of aromatic nitrogens is 2. The summed E-state index contributed by atoms with van der Waals surface area (Å²) in [4.78, 5) is 18.1. The molecule has 0 saturated carbocycles. The quantitative estimate of drug-likeness (QED) is 0.867. The molecule has 0 amide bonds. The molecule has 0 aromatic carbocycles. The van der Waals surface area contributed by atoms with Gasteiger partial charge in [-0.25, -0.2) is 4.98 Å². The molecule has 1 heterocycles. The number of aryl methyl sites for hydroxylation is 1. The number of rotatable bonds is 2. The summed E-state index contributed by atoms with van der Waals surface area (Å²) in [6, 6.07) is 0. The molecule has 0 aliphatic carbocycles. The van der Waals surface area contributed by atoms with Crippen LogP contribution in [0.5, 0.6) is 0 Å². The Balaban J connectivity index is 3.13. The molecule has 0 aliphatic heterocycles. The fraction of sp³-hybridized carbons (Fsp3) is 0.429. The molecule has 0 unspecified atom stereocenters. The lowest BCUT2D eigenvalue weighted by Crippen LogP contribution is -2.13. The maximum Gasteiger partial charge on any atom is 0.265 e. The van der Waals surface area contributed by atoms with E-state index in [-0.39, 0.29) is 5.56 Å². The first kappa shape index (κ1) is 9.80. The molecular formula is C7H9BrN2OS. The summed E-state index contributed by atoms with van der Waals surface area (Å²) in [7, 11) is 0. The molecule has 1 N–H and O–H groups in total. The number of nitrogens with zero attached hydrogens (tertiary/aromatic N) is 1. The molecule has 0 fully saturated rings. The Morgan fingerprint density at radius 2 is 2.33 bits per heavy atom. The molecule has 1 rings (SSSR count). The van der Waals surface area contributed by atoms with Crippen molar-refractivity contribution in [2.75, 3.05) is 6.26 Å². The van der Waals surface area contributed by atoms with Gasteiger partial charge >= 0.3 is 0 Å². The second-order valence-corrected chi connectivity index (χ2v) is 4.00. The van der Waals surface area contributed by atoms with Crippen LogP contribution in [-0.4, -0.2) is 16.2 Å². The highest BCUT2D eigenvalue weighted by molar-refractivity contribution is 9.10. The molecule has 12 heavy (non-hydrogen) atoms. The maximum absolute atomic E-state index is 11.2. The zero-order chi connectivity index (χ0) is 9.14. The lowest BCUT2D eigenvalue weighted by atomic mass is 10.4. The first-order valence-electron chi connectivity index (χ1n) is 3.39. The maximum atomic E-state index is 11.2. The van der Waals surface area contributed by atoms with Gasteiger partial charge in [-0.2, -0.15) is 11.8 Å². The topological polar surface area (TPSA) is 45.8 Å². The number of halogens is 1.